The average Bonchev–Trinajstić information content (AvgIpc) is 3.14. The zero-order valence-electron chi connectivity index (χ0n) is 15.9. The molecule has 1 amide bonds. The lowest BCUT2D eigenvalue weighted by molar-refractivity contribution is 0.0780. The number of benzene rings is 1. The molecule has 0 spiro atoms. The number of phenolic OH excluding ortho intramolecular Hbond substituents is 1. The average molecular weight is 389 g/mol. The third-order valence-electron chi connectivity index (χ3n) is 5.19. The molecule has 1 saturated heterocycles. The molecule has 3 rings (SSSR count). The number of halogens is 1. The molecule has 8 heteroatoms. The van der Waals surface area contributed by atoms with E-state index in [-0.39, 0.29) is 47.4 Å². The number of phenols is 1. The van der Waals surface area contributed by atoms with Crippen LogP contribution in [0.25, 0.3) is 0 Å². The van der Waals surface area contributed by atoms with Crippen LogP contribution >= 0.6 is 0 Å². The van der Waals surface area contributed by atoms with E-state index in [0.29, 0.717) is 6.54 Å². The molecule has 1 aliphatic rings. The number of nitrogens with one attached hydrogen (secondary N) is 2. The Morgan fingerprint density at radius 3 is 2.54 bits per heavy atom. The van der Waals surface area contributed by atoms with Gasteiger partial charge in [-0.2, -0.15) is 0 Å². The Morgan fingerprint density at radius 1 is 1.25 bits per heavy atom. The Bertz CT molecular complexity index is 948. The molecule has 2 aromatic rings. The minimum Gasteiger partial charge on any atom is -0.505 e. The summed E-state index contributed by atoms with van der Waals surface area (Å²) < 4.78 is 13.4. The summed E-state index contributed by atoms with van der Waals surface area (Å²) in [7, 11) is 0. The number of alkyl halides is 1. The monoisotopic (exact) mass is 389 g/mol. The second-order valence-electron chi connectivity index (χ2n) is 7.03. The number of para-hydroxylation sites is 1. The Hall–Kier alpha value is -2.90. The lowest BCUT2D eigenvalue weighted by Crippen LogP contribution is -2.38. The largest absolute Gasteiger partial charge is 0.505 e. The van der Waals surface area contributed by atoms with Gasteiger partial charge in [0, 0.05) is 12.6 Å². The highest BCUT2D eigenvalue weighted by molar-refractivity contribution is 5.99. The van der Waals surface area contributed by atoms with Crippen molar-refractivity contribution in [2.45, 2.75) is 45.3 Å². The number of rotatable bonds is 7. The van der Waals surface area contributed by atoms with Crippen LogP contribution in [0.5, 0.6) is 5.75 Å². The van der Waals surface area contributed by atoms with E-state index in [2.05, 4.69) is 10.6 Å². The fraction of sp³-hybridized carbons (Fsp3) is 0.450. The van der Waals surface area contributed by atoms with Gasteiger partial charge in [-0.15, -0.1) is 0 Å². The number of hydrogen-bond donors (Lipinski definition) is 3. The highest BCUT2D eigenvalue weighted by Gasteiger charge is 2.29. The van der Waals surface area contributed by atoms with Crippen LogP contribution in [-0.4, -0.2) is 41.2 Å². The summed E-state index contributed by atoms with van der Waals surface area (Å²) in [5, 5.41) is 16.4. The number of hydrogen-bond acceptors (Lipinski definition) is 6. The SMILES string of the molecule is CCC(CC)Nc1c(Nc2cccc(C(=O)N3CC[C@@H](F)C3)c2O)c(=O)c1=O. The molecule has 0 radical (unpaired) electrons. The van der Waals surface area contributed by atoms with E-state index >= 15 is 0 Å². The molecular weight excluding hydrogens is 365 g/mol. The first-order chi connectivity index (χ1) is 13.4. The molecule has 3 N–H and O–H groups in total. The molecule has 1 atom stereocenters. The van der Waals surface area contributed by atoms with Crippen molar-refractivity contribution in [2.24, 2.45) is 0 Å². The summed E-state index contributed by atoms with van der Waals surface area (Å²) in [4.78, 5) is 37.8. The van der Waals surface area contributed by atoms with Crippen molar-refractivity contribution in [1.82, 2.24) is 4.90 Å². The number of nitrogens with zero attached hydrogens (tertiary/aromatic N) is 1. The first-order valence-corrected chi connectivity index (χ1v) is 9.49. The van der Waals surface area contributed by atoms with E-state index in [9.17, 15) is 23.9 Å². The van der Waals surface area contributed by atoms with Crippen molar-refractivity contribution in [3.63, 3.8) is 0 Å². The van der Waals surface area contributed by atoms with Gasteiger partial charge in [-0.1, -0.05) is 19.9 Å². The van der Waals surface area contributed by atoms with Crippen molar-refractivity contribution in [3.8, 4) is 5.75 Å². The quantitative estimate of drug-likeness (QED) is 0.497. The van der Waals surface area contributed by atoms with Gasteiger partial charge in [0.05, 0.1) is 17.8 Å². The van der Waals surface area contributed by atoms with Crippen molar-refractivity contribution < 1.29 is 14.3 Å². The van der Waals surface area contributed by atoms with Crippen LogP contribution in [0.4, 0.5) is 21.5 Å². The van der Waals surface area contributed by atoms with Gasteiger partial charge in [0.25, 0.3) is 16.8 Å². The van der Waals surface area contributed by atoms with Gasteiger partial charge < -0.3 is 20.6 Å². The van der Waals surface area contributed by atoms with Gasteiger partial charge >= 0.3 is 0 Å². The molecule has 0 saturated carbocycles. The molecule has 0 unspecified atom stereocenters. The van der Waals surface area contributed by atoms with Crippen LogP contribution in [0.3, 0.4) is 0 Å². The highest BCUT2D eigenvalue weighted by atomic mass is 19.1. The standard InChI is InChI=1S/C20H24FN3O4/c1-3-12(4-2)22-15-16(19(27)18(15)26)23-14-7-5-6-13(17(14)25)20(28)24-9-8-11(21)10-24/h5-7,11-12,22-23,25H,3-4,8-10H2,1-2H3/t11-/m1/s1. The van der Waals surface area contributed by atoms with Crippen LogP contribution in [0.1, 0.15) is 43.5 Å². The zero-order valence-corrected chi connectivity index (χ0v) is 15.9. The molecule has 0 aromatic heterocycles. The first-order valence-electron chi connectivity index (χ1n) is 9.49. The minimum atomic E-state index is -1.06. The summed E-state index contributed by atoms with van der Waals surface area (Å²) >= 11 is 0. The molecule has 1 heterocycles. The second-order valence-corrected chi connectivity index (χ2v) is 7.03. The van der Waals surface area contributed by atoms with Crippen LogP contribution in [-0.2, 0) is 0 Å². The number of anilines is 3. The normalized spacial score (nSPS) is 16.7. The Kier molecular flexibility index (Phi) is 5.67. The maximum Gasteiger partial charge on any atom is 0.257 e. The van der Waals surface area contributed by atoms with Crippen molar-refractivity contribution >= 4 is 23.0 Å². The zero-order chi connectivity index (χ0) is 20.4. The second kappa shape index (κ2) is 8.00. The van der Waals surface area contributed by atoms with E-state index < -0.39 is 22.9 Å². The third kappa shape index (κ3) is 3.58. The lowest BCUT2D eigenvalue weighted by Gasteiger charge is -2.21. The van der Waals surface area contributed by atoms with Gasteiger partial charge in [-0.25, -0.2) is 4.39 Å². The van der Waals surface area contributed by atoms with Crippen molar-refractivity contribution in [2.75, 3.05) is 23.7 Å². The number of aromatic hydroxyl groups is 1. The molecule has 0 bridgehead atoms. The predicted molar refractivity (Wildman–Crippen MR) is 106 cm³/mol. The first kappa shape index (κ1) is 19.9. The Labute approximate surface area is 161 Å². The summed E-state index contributed by atoms with van der Waals surface area (Å²) in [5.74, 6) is -0.807. The van der Waals surface area contributed by atoms with E-state index in [1.165, 1.54) is 17.0 Å². The number of likely N-dealkylation sites (tertiary alicyclic amines) is 1. The minimum absolute atomic E-state index is 0.00242. The third-order valence-corrected chi connectivity index (χ3v) is 5.19. The smallest absolute Gasteiger partial charge is 0.257 e. The van der Waals surface area contributed by atoms with Crippen molar-refractivity contribution in [1.29, 1.82) is 0 Å². The Balaban J connectivity index is 1.85. The molecule has 28 heavy (non-hydrogen) atoms. The fourth-order valence-corrected chi connectivity index (χ4v) is 3.37. The molecule has 0 aliphatic carbocycles. The highest BCUT2D eigenvalue weighted by Crippen LogP contribution is 2.33. The maximum atomic E-state index is 13.4. The van der Waals surface area contributed by atoms with Crippen LogP contribution in [0.15, 0.2) is 27.8 Å². The van der Waals surface area contributed by atoms with E-state index in [1.807, 2.05) is 13.8 Å². The molecule has 1 fully saturated rings. The molecular formula is C20H24FN3O4. The van der Waals surface area contributed by atoms with E-state index in [0.717, 1.165) is 12.8 Å². The number of amides is 1. The number of carbonyl (C=O) groups is 1. The summed E-state index contributed by atoms with van der Waals surface area (Å²) in [6.45, 7) is 4.23. The van der Waals surface area contributed by atoms with Gasteiger partial charge in [0.15, 0.2) is 5.75 Å². The molecule has 7 nitrogen and oxygen atoms in total. The van der Waals surface area contributed by atoms with Gasteiger partial charge in [-0.05, 0) is 31.4 Å². The van der Waals surface area contributed by atoms with Crippen LogP contribution < -0.4 is 21.5 Å². The van der Waals surface area contributed by atoms with Gasteiger partial charge in [0.1, 0.15) is 17.5 Å². The topological polar surface area (TPSA) is 98.7 Å². The predicted octanol–water partition coefficient (Wildman–Crippen LogP) is 2.52. The molecule has 2 aromatic carbocycles. The van der Waals surface area contributed by atoms with E-state index in [4.69, 9.17) is 0 Å². The fourth-order valence-electron chi connectivity index (χ4n) is 3.37. The van der Waals surface area contributed by atoms with Gasteiger partial charge in [-0.3, -0.25) is 14.4 Å². The van der Waals surface area contributed by atoms with Crippen LogP contribution in [0, 0.1) is 0 Å². The summed E-state index contributed by atoms with van der Waals surface area (Å²) in [6.07, 6.45) is 0.791. The number of carbonyl (C=O) groups excluding carboxylic acids is 1. The Morgan fingerprint density at radius 2 is 1.93 bits per heavy atom. The lowest BCUT2D eigenvalue weighted by atomic mass is 10.1. The summed E-state index contributed by atoms with van der Waals surface area (Å²) in [5.41, 5.74) is -0.859. The van der Waals surface area contributed by atoms with Crippen LogP contribution in [0.2, 0.25) is 0 Å². The molecule has 1 aliphatic heterocycles. The van der Waals surface area contributed by atoms with E-state index in [1.54, 1.807) is 6.07 Å². The maximum absolute atomic E-state index is 13.4. The molecule has 150 valence electrons. The van der Waals surface area contributed by atoms with Gasteiger partial charge in [0.2, 0.25) is 0 Å². The summed E-state index contributed by atoms with van der Waals surface area (Å²) in [6, 6.07) is 4.55. The van der Waals surface area contributed by atoms with Crippen molar-refractivity contribution in [3.05, 3.63) is 44.2 Å².